The topological polar surface area (TPSA) is 110 Å². The number of nitrogens with one attached hydrogen (secondary N) is 1. The molecular formula is C20H21N3O4. The highest BCUT2D eigenvalue weighted by atomic mass is 16.3. The minimum absolute atomic E-state index is 0.0630. The number of aliphatic hydroxyl groups is 1. The van der Waals surface area contributed by atoms with Gasteiger partial charge in [0.15, 0.2) is 0 Å². The lowest BCUT2D eigenvalue weighted by molar-refractivity contribution is 0.0629. The van der Waals surface area contributed by atoms with Crippen LogP contribution in [0, 0.1) is 0 Å². The minimum atomic E-state index is -0.916. The zero-order valence-corrected chi connectivity index (χ0v) is 14.8. The highest BCUT2D eigenvalue weighted by Gasteiger charge is 2.21. The molecule has 0 bridgehead atoms. The molecule has 0 radical (unpaired) electrons. The van der Waals surface area contributed by atoms with Crippen molar-refractivity contribution in [1.29, 1.82) is 0 Å². The molecule has 1 amide bonds. The Bertz CT molecular complexity index is 921. The second-order valence-electron chi connectivity index (χ2n) is 6.17. The number of nitrogens with zero attached hydrogens (tertiary/aromatic N) is 2. The lowest BCUT2D eigenvalue weighted by Gasteiger charge is -2.23. The van der Waals surface area contributed by atoms with E-state index in [1.54, 1.807) is 42.5 Å². The quantitative estimate of drug-likeness (QED) is 0.535. The Labute approximate surface area is 156 Å². The van der Waals surface area contributed by atoms with Crippen molar-refractivity contribution in [2.45, 2.75) is 13.0 Å². The van der Waals surface area contributed by atoms with Crippen molar-refractivity contribution < 1.29 is 20.1 Å². The second-order valence-corrected chi connectivity index (χ2v) is 6.17. The van der Waals surface area contributed by atoms with Gasteiger partial charge in [0.25, 0.3) is 5.91 Å². The first-order valence-electron chi connectivity index (χ1n) is 8.59. The van der Waals surface area contributed by atoms with E-state index < -0.39 is 6.10 Å². The molecule has 2 aromatic carbocycles. The van der Waals surface area contributed by atoms with Crippen molar-refractivity contribution in [2.75, 3.05) is 13.1 Å². The summed E-state index contributed by atoms with van der Waals surface area (Å²) in [6.45, 7) is 2.32. The number of hydrogen-bond acceptors (Lipinski definition) is 5. The van der Waals surface area contributed by atoms with Crippen LogP contribution in [-0.4, -0.2) is 49.4 Å². The number of carbonyl (C=O) groups excluding carboxylic acids is 1. The molecule has 0 saturated carbocycles. The van der Waals surface area contributed by atoms with Gasteiger partial charge < -0.3 is 20.2 Å². The Morgan fingerprint density at radius 2 is 1.85 bits per heavy atom. The summed E-state index contributed by atoms with van der Waals surface area (Å²) in [5, 5.41) is 36.2. The zero-order valence-electron chi connectivity index (χ0n) is 14.8. The van der Waals surface area contributed by atoms with Crippen molar-refractivity contribution in [1.82, 2.24) is 15.1 Å². The molecule has 0 aliphatic carbocycles. The van der Waals surface area contributed by atoms with Gasteiger partial charge in [0.05, 0.1) is 18.3 Å². The molecule has 1 unspecified atom stereocenters. The fourth-order valence-corrected chi connectivity index (χ4v) is 2.78. The fraction of sp³-hybridized carbons (Fsp3) is 0.200. The highest BCUT2D eigenvalue weighted by molar-refractivity contribution is 5.93. The van der Waals surface area contributed by atoms with Crippen molar-refractivity contribution in [3.8, 4) is 22.8 Å². The fourth-order valence-electron chi connectivity index (χ4n) is 2.78. The predicted octanol–water partition coefficient (Wildman–Crippen LogP) is 2.68. The van der Waals surface area contributed by atoms with Crippen LogP contribution in [0.5, 0.6) is 11.5 Å². The molecule has 0 aliphatic heterocycles. The molecule has 3 aromatic rings. The first-order chi connectivity index (χ1) is 13.0. The molecule has 7 nitrogen and oxygen atoms in total. The summed E-state index contributed by atoms with van der Waals surface area (Å²) in [6, 6.07) is 14.5. The Morgan fingerprint density at radius 3 is 2.52 bits per heavy atom. The Balaban J connectivity index is 1.74. The van der Waals surface area contributed by atoms with Crippen molar-refractivity contribution >= 4 is 5.91 Å². The van der Waals surface area contributed by atoms with E-state index in [1.165, 1.54) is 17.0 Å². The molecule has 0 fully saturated rings. The van der Waals surface area contributed by atoms with Crippen LogP contribution < -0.4 is 0 Å². The average Bonchev–Trinajstić information content (AvgIpc) is 3.16. The van der Waals surface area contributed by atoms with Gasteiger partial charge in [-0.15, -0.1) is 0 Å². The molecule has 3 rings (SSSR count). The van der Waals surface area contributed by atoms with E-state index in [9.17, 15) is 20.1 Å². The smallest absolute Gasteiger partial charge is 0.271 e. The molecule has 0 saturated heterocycles. The van der Waals surface area contributed by atoms with Gasteiger partial charge in [0, 0.05) is 12.1 Å². The van der Waals surface area contributed by atoms with Gasteiger partial charge in [-0.2, -0.15) is 5.10 Å². The SMILES string of the molecule is CCN(CC(O)c1cccc(O)c1)C(=O)c1cc(-c2ccc(O)cc2)n[nH]1. The van der Waals surface area contributed by atoms with Crippen LogP contribution in [0.1, 0.15) is 29.1 Å². The number of H-pyrrole nitrogens is 1. The third-order valence-corrected chi connectivity index (χ3v) is 4.29. The number of phenolic OH excluding ortho intramolecular Hbond substituents is 2. The van der Waals surface area contributed by atoms with Crippen LogP contribution in [0.3, 0.4) is 0 Å². The molecule has 27 heavy (non-hydrogen) atoms. The number of aromatic nitrogens is 2. The standard InChI is InChI=1S/C20H21N3O4/c1-2-23(12-19(26)14-4-3-5-16(25)10-14)20(27)18-11-17(21-22-18)13-6-8-15(24)9-7-13/h3-11,19,24-26H,2,12H2,1H3,(H,21,22). The molecule has 0 aliphatic rings. The van der Waals surface area contributed by atoms with Crippen molar-refractivity contribution in [3.63, 3.8) is 0 Å². The van der Waals surface area contributed by atoms with Crippen LogP contribution in [0.2, 0.25) is 0 Å². The molecule has 4 N–H and O–H groups in total. The van der Waals surface area contributed by atoms with E-state index in [0.29, 0.717) is 23.5 Å². The largest absolute Gasteiger partial charge is 0.508 e. The third-order valence-electron chi connectivity index (χ3n) is 4.29. The number of phenols is 2. The maximum Gasteiger partial charge on any atom is 0.271 e. The molecule has 1 heterocycles. The Kier molecular flexibility index (Phi) is 5.42. The molecule has 7 heteroatoms. The van der Waals surface area contributed by atoms with Crippen molar-refractivity contribution in [3.05, 3.63) is 65.9 Å². The van der Waals surface area contributed by atoms with E-state index in [0.717, 1.165) is 5.56 Å². The lowest BCUT2D eigenvalue weighted by atomic mass is 10.1. The van der Waals surface area contributed by atoms with Gasteiger partial charge in [-0.25, -0.2) is 0 Å². The maximum absolute atomic E-state index is 12.8. The average molecular weight is 367 g/mol. The monoisotopic (exact) mass is 367 g/mol. The lowest BCUT2D eigenvalue weighted by Crippen LogP contribution is -2.34. The summed E-state index contributed by atoms with van der Waals surface area (Å²) in [4.78, 5) is 14.3. The first-order valence-corrected chi connectivity index (χ1v) is 8.59. The van der Waals surface area contributed by atoms with Crippen LogP contribution in [0.25, 0.3) is 11.3 Å². The van der Waals surface area contributed by atoms with Gasteiger partial charge >= 0.3 is 0 Å². The number of aliphatic hydroxyl groups excluding tert-OH is 1. The van der Waals surface area contributed by atoms with E-state index in [-0.39, 0.29) is 24.0 Å². The highest BCUT2D eigenvalue weighted by Crippen LogP contribution is 2.22. The molecule has 1 aromatic heterocycles. The summed E-state index contributed by atoms with van der Waals surface area (Å²) in [6.07, 6.45) is -0.916. The van der Waals surface area contributed by atoms with Gasteiger partial charge in [-0.1, -0.05) is 12.1 Å². The summed E-state index contributed by atoms with van der Waals surface area (Å²) < 4.78 is 0. The number of aromatic amines is 1. The van der Waals surface area contributed by atoms with E-state index in [1.807, 2.05) is 6.92 Å². The number of rotatable bonds is 6. The summed E-state index contributed by atoms with van der Waals surface area (Å²) >= 11 is 0. The third kappa shape index (κ3) is 4.27. The number of amides is 1. The normalized spacial score (nSPS) is 11.9. The van der Waals surface area contributed by atoms with E-state index in [4.69, 9.17) is 0 Å². The van der Waals surface area contributed by atoms with E-state index in [2.05, 4.69) is 10.2 Å². The Morgan fingerprint density at radius 1 is 1.11 bits per heavy atom. The molecular weight excluding hydrogens is 346 g/mol. The van der Waals surface area contributed by atoms with E-state index >= 15 is 0 Å². The maximum atomic E-state index is 12.8. The molecule has 140 valence electrons. The van der Waals surface area contributed by atoms with Crippen LogP contribution in [0.4, 0.5) is 0 Å². The summed E-state index contributed by atoms with van der Waals surface area (Å²) in [7, 11) is 0. The summed E-state index contributed by atoms with van der Waals surface area (Å²) in [5.74, 6) is -0.0639. The number of carbonyl (C=O) groups is 1. The molecule has 0 spiro atoms. The van der Waals surface area contributed by atoms with Crippen molar-refractivity contribution in [2.24, 2.45) is 0 Å². The molecule has 1 atom stereocenters. The minimum Gasteiger partial charge on any atom is -0.508 e. The number of likely N-dealkylation sites (N-methyl/N-ethyl adjacent to an activating group) is 1. The summed E-state index contributed by atoms with van der Waals surface area (Å²) in [5.41, 5.74) is 2.20. The predicted molar refractivity (Wildman–Crippen MR) is 100 cm³/mol. The number of aromatic hydroxyl groups is 2. The zero-order chi connectivity index (χ0) is 19.4. The number of hydrogen-bond donors (Lipinski definition) is 4. The first kappa shape index (κ1) is 18.5. The van der Waals surface area contributed by atoms with Gasteiger partial charge in [0.1, 0.15) is 17.2 Å². The van der Waals surface area contributed by atoms with Gasteiger partial charge in [-0.05, 0) is 55.0 Å². The van der Waals surface area contributed by atoms with Crippen LogP contribution in [0.15, 0.2) is 54.6 Å². The van der Waals surface area contributed by atoms with Crippen LogP contribution in [-0.2, 0) is 0 Å². The Hall–Kier alpha value is -3.32. The van der Waals surface area contributed by atoms with Crippen LogP contribution >= 0.6 is 0 Å². The number of benzene rings is 2. The second kappa shape index (κ2) is 7.92. The van der Waals surface area contributed by atoms with Gasteiger partial charge in [0.2, 0.25) is 0 Å². The van der Waals surface area contributed by atoms with Gasteiger partial charge in [-0.3, -0.25) is 9.89 Å².